The number of halogens is 1. The number of pyridine rings is 1. The molecule has 0 fully saturated rings. The van der Waals surface area contributed by atoms with Gasteiger partial charge in [-0.05, 0) is 6.07 Å². The van der Waals surface area contributed by atoms with Crippen molar-refractivity contribution in [1.29, 1.82) is 0 Å². The van der Waals surface area contributed by atoms with Crippen LogP contribution < -0.4 is 0 Å². The third-order valence-electron chi connectivity index (χ3n) is 1.08. The Hall–Kier alpha value is -1.09. The van der Waals surface area contributed by atoms with Crippen LogP contribution in [-0.4, -0.2) is 11.5 Å². The van der Waals surface area contributed by atoms with Gasteiger partial charge in [0.2, 0.25) is 0 Å². The van der Waals surface area contributed by atoms with E-state index in [9.17, 15) is 4.79 Å². The number of hydrogen-bond donors (Lipinski definition) is 0. The molecule has 1 aromatic rings. The summed E-state index contributed by atoms with van der Waals surface area (Å²) >= 11 is 5.62. The molecule has 0 saturated carbocycles. The molecular weight excluding hydrogens is 166 g/mol. The molecule has 0 aliphatic heterocycles. The average molecular weight is 172 g/mol. The SMILES string of the molecule is O=COCc1cncc(Cl)c1. The van der Waals surface area contributed by atoms with Gasteiger partial charge in [0.05, 0.1) is 5.02 Å². The van der Waals surface area contributed by atoms with E-state index in [-0.39, 0.29) is 6.61 Å². The van der Waals surface area contributed by atoms with Crippen molar-refractivity contribution in [3.63, 3.8) is 0 Å². The summed E-state index contributed by atoms with van der Waals surface area (Å²) in [6, 6.07) is 1.69. The van der Waals surface area contributed by atoms with E-state index in [1.165, 1.54) is 6.20 Å². The molecule has 3 nitrogen and oxygen atoms in total. The molecule has 0 aliphatic rings. The van der Waals surface area contributed by atoms with Gasteiger partial charge in [-0.1, -0.05) is 11.6 Å². The minimum absolute atomic E-state index is 0.219. The smallest absolute Gasteiger partial charge is 0.293 e. The second-order valence-corrected chi connectivity index (χ2v) is 2.36. The molecule has 4 heteroatoms. The van der Waals surface area contributed by atoms with Crippen molar-refractivity contribution in [3.8, 4) is 0 Å². The van der Waals surface area contributed by atoms with Crippen LogP contribution in [0.4, 0.5) is 0 Å². The number of nitrogens with zero attached hydrogens (tertiary/aromatic N) is 1. The van der Waals surface area contributed by atoms with Gasteiger partial charge in [-0.2, -0.15) is 0 Å². The van der Waals surface area contributed by atoms with Crippen molar-refractivity contribution < 1.29 is 9.53 Å². The summed E-state index contributed by atoms with van der Waals surface area (Å²) in [6.07, 6.45) is 3.11. The van der Waals surface area contributed by atoms with Crippen LogP contribution in [0.2, 0.25) is 5.02 Å². The van der Waals surface area contributed by atoms with Gasteiger partial charge in [0, 0.05) is 18.0 Å². The van der Waals surface area contributed by atoms with E-state index < -0.39 is 0 Å². The fourth-order valence-electron chi connectivity index (χ4n) is 0.665. The van der Waals surface area contributed by atoms with E-state index in [0.29, 0.717) is 11.5 Å². The van der Waals surface area contributed by atoms with Gasteiger partial charge in [0.1, 0.15) is 6.61 Å². The quantitative estimate of drug-likeness (QED) is 0.646. The summed E-state index contributed by atoms with van der Waals surface area (Å²) in [7, 11) is 0. The van der Waals surface area contributed by atoms with Gasteiger partial charge in [-0.15, -0.1) is 0 Å². The van der Waals surface area contributed by atoms with E-state index in [2.05, 4.69) is 9.72 Å². The highest BCUT2D eigenvalue weighted by Crippen LogP contribution is 2.08. The van der Waals surface area contributed by atoms with Crippen molar-refractivity contribution in [2.24, 2.45) is 0 Å². The first-order valence-electron chi connectivity index (χ1n) is 2.97. The molecule has 0 N–H and O–H groups in total. The largest absolute Gasteiger partial charge is 0.463 e. The minimum Gasteiger partial charge on any atom is -0.463 e. The zero-order chi connectivity index (χ0) is 8.10. The summed E-state index contributed by atoms with van der Waals surface area (Å²) in [4.78, 5) is 13.6. The van der Waals surface area contributed by atoms with Crippen LogP contribution in [0.5, 0.6) is 0 Å². The number of ether oxygens (including phenoxy) is 1. The van der Waals surface area contributed by atoms with Crippen LogP contribution >= 0.6 is 11.6 Å². The Morgan fingerprint density at radius 2 is 2.45 bits per heavy atom. The fourth-order valence-corrected chi connectivity index (χ4v) is 0.862. The average Bonchev–Trinajstić information content (AvgIpc) is 2.01. The van der Waals surface area contributed by atoms with Crippen molar-refractivity contribution in [1.82, 2.24) is 4.98 Å². The normalized spacial score (nSPS) is 9.18. The van der Waals surface area contributed by atoms with Crippen molar-refractivity contribution >= 4 is 18.1 Å². The predicted octanol–water partition coefficient (Wildman–Crippen LogP) is 1.41. The molecule has 1 heterocycles. The molecule has 1 rings (SSSR count). The minimum atomic E-state index is 0.219. The summed E-state index contributed by atoms with van der Waals surface area (Å²) in [5, 5.41) is 0.539. The van der Waals surface area contributed by atoms with Crippen LogP contribution in [0.3, 0.4) is 0 Å². The summed E-state index contributed by atoms with van der Waals surface area (Å²) < 4.78 is 4.50. The lowest BCUT2D eigenvalue weighted by Crippen LogP contribution is -1.90. The zero-order valence-corrected chi connectivity index (χ0v) is 6.41. The van der Waals surface area contributed by atoms with Crippen LogP contribution in [0, 0.1) is 0 Å². The van der Waals surface area contributed by atoms with E-state index in [0.717, 1.165) is 5.56 Å². The monoisotopic (exact) mass is 171 g/mol. The van der Waals surface area contributed by atoms with Gasteiger partial charge in [0.25, 0.3) is 6.47 Å². The number of aromatic nitrogens is 1. The Morgan fingerprint density at radius 1 is 1.64 bits per heavy atom. The van der Waals surface area contributed by atoms with Crippen LogP contribution in [0.15, 0.2) is 18.5 Å². The standard InChI is InChI=1S/C7H6ClNO2/c8-7-1-6(2-9-3-7)4-11-5-10/h1-3,5H,4H2. The Kier molecular flexibility index (Phi) is 2.86. The number of carbonyl (C=O) groups excluding carboxylic acids is 1. The van der Waals surface area contributed by atoms with E-state index in [4.69, 9.17) is 11.6 Å². The maximum Gasteiger partial charge on any atom is 0.293 e. The molecular formula is C7H6ClNO2. The second-order valence-electron chi connectivity index (χ2n) is 1.92. The Morgan fingerprint density at radius 3 is 3.09 bits per heavy atom. The van der Waals surface area contributed by atoms with Crippen LogP contribution in [-0.2, 0) is 16.1 Å². The molecule has 0 aromatic carbocycles. The Balaban J connectivity index is 2.63. The van der Waals surface area contributed by atoms with Crippen molar-refractivity contribution in [2.45, 2.75) is 6.61 Å². The first-order valence-corrected chi connectivity index (χ1v) is 3.35. The lowest BCUT2D eigenvalue weighted by atomic mass is 10.3. The molecule has 0 radical (unpaired) electrons. The molecule has 0 amide bonds. The van der Waals surface area contributed by atoms with E-state index in [1.807, 2.05) is 0 Å². The first-order chi connectivity index (χ1) is 5.33. The highest BCUT2D eigenvalue weighted by Gasteiger charge is 1.93. The number of hydrogen-bond acceptors (Lipinski definition) is 3. The lowest BCUT2D eigenvalue weighted by Gasteiger charge is -1.97. The third-order valence-corrected chi connectivity index (χ3v) is 1.29. The fraction of sp³-hybridized carbons (Fsp3) is 0.143. The lowest BCUT2D eigenvalue weighted by molar-refractivity contribution is -0.129. The van der Waals surface area contributed by atoms with E-state index >= 15 is 0 Å². The van der Waals surface area contributed by atoms with Gasteiger partial charge in [-0.3, -0.25) is 9.78 Å². The predicted molar refractivity (Wildman–Crippen MR) is 40.1 cm³/mol. The molecule has 0 aliphatic carbocycles. The topological polar surface area (TPSA) is 39.2 Å². The van der Waals surface area contributed by atoms with Gasteiger partial charge >= 0.3 is 0 Å². The van der Waals surface area contributed by atoms with Gasteiger partial charge in [-0.25, -0.2) is 0 Å². The van der Waals surface area contributed by atoms with Crippen LogP contribution in [0.25, 0.3) is 0 Å². The molecule has 0 bridgehead atoms. The second kappa shape index (κ2) is 3.93. The van der Waals surface area contributed by atoms with Crippen LogP contribution in [0.1, 0.15) is 5.56 Å². The summed E-state index contributed by atoms with van der Waals surface area (Å²) in [5.41, 5.74) is 0.782. The highest BCUT2D eigenvalue weighted by atomic mass is 35.5. The van der Waals surface area contributed by atoms with Crippen molar-refractivity contribution in [3.05, 3.63) is 29.0 Å². The van der Waals surface area contributed by atoms with Crippen molar-refractivity contribution in [2.75, 3.05) is 0 Å². The molecule has 0 unspecified atom stereocenters. The molecule has 0 atom stereocenters. The Labute approximate surface area is 69.0 Å². The number of carbonyl (C=O) groups is 1. The summed E-state index contributed by atoms with van der Waals surface area (Å²) in [5.74, 6) is 0. The van der Waals surface area contributed by atoms with E-state index in [1.54, 1.807) is 12.3 Å². The highest BCUT2D eigenvalue weighted by molar-refractivity contribution is 6.30. The molecule has 0 saturated heterocycles. The number of rotatable bonds is 3. The first kappa shape index (κ1) is 8.01. The molecule has 11 heavy (non-hydrogen) atoms. The zero-order valence-electron chi connectivity index (χ0n) is 5.66. The summed E-state index contributed by atoms with van der Waals surface area (Å²) in [6.45, 7) is 0.609. The molecule has 0 spiro atoms. The maximum atomic E-state index is 9.79. The van der Waals surface area contributed by atoms with Gasteiger partial charge in [0.15, 0.2) is 0 Å². The van der Waals surface area contributed by atoms with Gasteiger partial charge < -0.3 is 4.74 Å². The maximum absolute atomic E-state index is 9.79. The molecule has 58 valence electrons. The molecule has 1 aromatic heterocycles. The Bertz CT molecular complexity index is 252. The third kappa shape index (κ3) is 2.55.